The molecule has 0 saturated carbocycles. The summed E-state index contributed by atoms with van der Waals surface area (Å²) in [5.74, 6) is 0. The third-order valence-corrected chi connectivity index (χ3v) is 1.81. The Labute approximate surface area is 70.4 Å². The monoisotopic (exact) mass is 246 g/mol. The van der Waals surface area contributed by atoms with E-state index in [0.717, 1.165) is 9.48 Å². The van der Waals surface area contributed by atoms with E-state index in [2.05, 4.69) is 37.9 Å². The Hall–Kier alpha value is -0.720. The van der Waals surface area contributed by atoms with E-state index in [1.807, 2.05) is 12.1 Å². The molecule has 0 radical (unpaired) electrons. The first-order chi connectivity index (χ1) is 4.88. The number of hydrogen-bond acceptors (Lipinski definition) is 3. The van der Waals surface area contributed by atoms with Crippen LogP contribution in [0.15, 0.2) is 18.3 Å². The van der Waals surface area contributed by atoms with Crippen molar-refractivity contribution < 1.29 is 0 Å². The minimum absolute atomic E-state index is 0.784. The van der Waals surface area contributed by atoms with E-state index in [1.165, 1.54) is 0 Å². The summed E-state index contributed by atoms with van der Waals surface area (Å²) < 4.78 is 2.47. The highest BCUT2D eigenvalue weighted by molar-refractivity contribution is 14.1. The first-order valence-electron chi connectivity index (χ1n) is 2.70. The summed E-state index contributed by atoms with van der Waals surface area (Å²) >= 11 is 2.08. The van der Waals surface area contributed by atoms with E-state index in [0.29, 0.717) is 0 Å². The Bertz CT molecular complexity index is 355. The summed E-state index contributed by atoms with van der Waals surface area (Å²) in [6.07, 6.45) is 1.71. The summed E-state index contributed by atoms with van der Waals surface area (Å²) in [7, 11) is 0. The molecule has 0 spiro atoms. The van der Waals surface area contributed by atoms with Crippen molar-refractivity contribution in [3.05, 3.63) is 22.2 Å². The van der Waals surface area contributed by atoms with Gasteiger partial charge in [0.25, 0.3) is 0 Å². The van der Waals surface area contributed by atoms with Gasteiger partial charge in [-0.3, -0.25) is 0 Å². The second-order valence-electron chi connectivity index (χ2n) is 1.76. The highest BCUT2D eigenvalue weighted by atomic mass is 127. The van der Waals surface area contributed by atoms with Gasteiger partial charge in [-0.1, -0.05) is 0 Å². The van der Waals surface area contributed by atoms with Crippen LogP contribution in [0.5, 0.6) is 0 Å². The van der Waals surface area contributed by atoms with Crippen LogP contribution < -0.4 is 0 Å². The summed E-state index contributed by atoms with van der Waals surface area (Å²) in [6, 6.07) is 3.70. The van der Waals surface area contributed by atoms with Gasteiger partial charge < -0.3 is 0 Å². The molecule has 2 heterocycles. The number of nitrogens with zero attached hydrogens (tertiary/aromatic N) is 4. The van der Waals surface area contributed by atoms with E-state index >= 15 is 0 Å². The van der Waals surface area contributed by atoms with Gasteiger partial charge in [-0.25, -0.2) is 0 Å². The van der Waals surface area contributed by atoms with Gasteiger partial charge in [-0.05, 0) is 12.1 Å². The van der Waals surface area contributed by atoms with E-state index < -0.39 is 0 Å². The van der Waals surface area contributed by atoms with Crippen molar-refractivity contribution in [1.82, 2.24) is 19.8 Å². The summed E-state index contributed by atoms with van der Waals surface area (Å²) in [5, 5.41) is 11.7. The molecule has 0 bridgehead atoms. The van der Waals surface area contributed by atoms with Crippen LogP contribution in [0, 0.1) is 3.83 Å². The molecular weight excluding hydrogens is 243 g/mol. The number of aromatic nitrogens is 4. The average Bonchev–Trinajstić information content (AvgIpc) is 2.34. The lowest BCUT2D eigenvalue weighted by molar-refractivity contribution is 0.894. The van der Waals surface area contributed by atoms with E-state index in [4.69, 9.17) is 0 Å². The molecule has 0 atom stereocenters. The third-order valence-electron chi connectivity index (χ3n) is 1.14. The van der Waals surface area contributed by atoms with Crippen molar-refractivity contribution in [3.8, 4) is 0 Å². The molecule has 2 aromatic heterocycles. The average molecular weight is 246 g/mol. The third kappa shape index (κ3) is 0.772. The van der Waals surface area contributed by atoms with Crippen LogP contribution in [0.25, 0.3) is 5.65 Å². The molecule has 0 fully saturated rings. The Morgan fingerprint density at radius 3 is 3.10 bits per heavy atom. The standard InChI is InChI=1S/C5H3IN4/c6-5-9-8-4-2-1-3-7-10(4)5/h1-3H. The van der Waals surface area contributed by atoms with Gasteiger partial charge in [0.05, 0.1) is 0 Å². The lowest BCUT2D eigenvalue weighted by Crippen LogP contribution is -1.91. The van der Waals surface area contributed by atoms with Gasteiger partial charge >= 0.3 is 0 Å². The predicted octanol–water partition coefficient (Wildman–Crippen LogP) is 0.729. The van der Waals surface area contributed by atoms with Crippen molar-refractivity contribution in [3.63, 3.8) is 0 Å². The maximum absolute atomic E-state index is 4.02. The van der Waals surface area contributed by atoms with Crippen molar-refractivity contribution in [2.45, 2.75) is 0 Å². The SMILES string of the molecule is Ic1nnc2cccnn12. The van der Waals surface area contributed by atoms with E-state index in [1.54, 1.807) is 10.7 Å². The normalized spacial score (nSPS) is 10.5. The second-order valence-corrected chi connectivity index (χ2v) is 2.73. The largest absolute Gasteiger partial charge is 0.215 e. The topological polar surface area (TPSA) is 43.1 Å². The van der Waals surface area contributed by atoms with Crippen molar-refractivity contribution >= 4 is 28.2 Å². The Balaban J connectivity index is 2.93. The molecule has 0 aliphatic rings. The number of halogens is 1. The second kappa shape index (κ2) is 2.15. The van der Waals surface area contributed by atoms with E-state index in [9.17, 15) is 0 Å². The van der Waals surface area contributed by atoms with Crippen LogP contribution in [0.4, 0.5) is 0 Å². The first kappa shape index (κ1) is 6.02. The van der Waals surface area contributed by atoms with Gasteiger partial charge in [-0.15, -0.1) is 10.2 Å². The Kier molecular flexibility index (Phi) is 1.30. The molecule has 4 nitrogen and oxygen atoms in total. The van der Waals surface area contributed by atoms with Gasteiger partial charge in [0, 0.05) is 28.8 Å². The Morgan fingerprint density at radius 1 is 1.40 bits per heavy atom. The van der Waals surface area contributed by atoms with Crippen LogP contribution in [0.2, 0.25) is 0 Å². The molecule has 2 aromatic rings. The van der Waals surface area contributed by atoms with E-state index in [-0.39, 0.29) is 0 Å². The maximum Gasteiger partial charge on any atom is 0.215 e. The zero-order valence-corrected chi connectivity index (χ0v) is 7.06. The first-order valence-corrected chi connectivity index (χ1v) is 3.78. The molecule has 0 saturated heterocycles. The molecule has 0 aliphatic heterocycles. The fourth-order valence-electron chi connectivity index (χ4n) is 0.717. The molecule has 2 rings (SSSR count). The highest BCUT2D eigenvalue weighted by Crippen LogP contribution is 2.01. The lowest BCUT2D eigenvalue weighted by Gasteiger charge is -1.86. The smallest absolute Gasteiger partial charge is 0.188 e. The molecule has 0 amide bonds. The zero-order valence-electron chi connectivity index (χ0n) is 4.90. The maximum atomic E-state index is 4.02. The highest BCUT2D eigenvalue weighted by Gasteiger charge is 1.98. The molecule has 0 unspecified atom stereocenters. The van der Waals surface area contributed by atoms with Crippen LogP contribution >= 0.6 is 22.6 Å². The number of rotatable bonds is 0. The van der Waals surface area contributed by atoms with Crippen LogP contribution in [0.3, 0.4) is 0 Å². The summed E-state index contributed by atoms with van der Waals surface area (Å²) in [5.41, 5.74) is 0.784. The van der Waals surface area contributed by atoms with Crippen LogP contribution in [-0.2, 0) is 0 Å². The molecule has 5 heteroatoms. The number of hydrogen-bond donors (Lipinski definition) is 0. The van der Waals surface area contributed by atoms with Gasteiger partial charge in [-0.2, -0.15) is 9.61 Å². The van der Waals surface area contributed by atoms with Crippen LogP contribution in [0.1, 0.15) is 0 Å². The fourth-order valence-corrected chi connectivity index (χ4v) is 1.20. The molecular formula is C5H3IN4. The molecule has 0 N–H and O–H groups in total. The van der Waals surface area contributed by atoms with Gasteiger partial charge in [0.15, 0.2) is 5.65 Å². The quantitative estimate of drug-likeness (QED) is 0.643. The molecule has 0 aromatic carbocycles. The summed E-state index contributed by atoms with van der Waals surface area (Å²) in [6.45, 7) is 0. The molecule has 0 aliphatic carbocycles. The summed E-state index contributed by atoms with van der Waals surface area (Å²) in [4.78, 5) is 0. The number of fused-ring (bicyclic) bond motifs is 1. The molecule has 50 valence electrons. The molecule has 10 heavy (non-hydrogen) atoms. The minimum atomic E-state index is 0.784. The van der Waals surface area contributed by atoms with Gasteiger partial charge in [0.1, 0.15) is 0 Å². The van der Waals surface area contributed by atoms with Crippen LogP contribution in [-0.4, -0.2) is 19.8 Å². The van der Waals surface area contributed by atoms with Crippen molar-refractivity contribution in [1.29, 1.82) is 0 Å². The van der Waals surface area contributed by atoms with Gasteiger partial charge in [0.2, 0.25) is 3.83 Å². The predicted molar refractivity (Wildman–Crippen MR) is 43.5 cm³/mol. The Morgan fingerprint density at radius 2 is 2.30 bits per heavy atom. The van der Waals surface area contributed by atoms with Crippen molar-refractivity contribution in [2.24, 2.45) is 0 Å². The lowest BCUT2D eigenvalue weighted by atomic mass is 10.6. The fraction of sp³-hybridized carbons (Fsp3) is 0. The van der Waals surface area contributed by atoms with Crippen molar-refractivity contribution in [2.75, 3.05) is 0 Å². The zero-order chi connectivity index (χ0) is 6.97. The minimum Gasteiger partial charge on any atom is -0.188 e.